The summed E-state index contributed by atoms with van der Waals surface area (Å²) in [5, 5.41) is 5.86. The molecule has 1 fully saturated rings. The summed E-state index contributed by atoms with van der Waals surface area (Å²) >= 11 is 0. The molecule has 30 heavy (non-hydrogen) atoms. The third-order valence-electron chi connectivity index (χ3n) is 5.53. The number of aryl methyl sites for hydroxylation is 1. The Labute approximate surface area is 178 Å². The minimum absolute atomic E-state index is 0.0718. The molecule has 6 heteroatoms. The maximum Gasteiger partial charge on any atom is 0.321 e. The molecule has 2 aromatic carbocycles. The fourth-order valence-corrected chi connectivity index (χ4v) is 3.76. The van der Waals surface area contributed by atoms with E-state index in [2.05, 4.69) is 17.6 Å². The summed E-state index contributed by atoms with van der Waals surface area (Å²) in [6.45, 7) is 4.47. The first kappa shape index (κ1) is 21.8. The van der Waals surface area contributed by atoms with Gasteiger partial charge in [0, 0.05) is 43.9 Å². The molecule has 1 saturated heterocycles. The maximum atomic E-state index is 12.8. The minimum Gasteiger partial charge on any atom is -0.383 e. The van der Waals surface area contributed by atoms with Crippen LogP contribution in [0.1, 0.15) is 47.2 Å². The quantitative estimate of drug-likeness (QED) is 0.678. The highest BCUT2D eigenvalue weighted by molar-refractivity contribution is 5.94. The van der Waals surface area contributed by atoms with Gasteiger partial charge in [-0.25, -0.2) is 4.79 Å². The lowest BCUT2D eigenvalue weighted by Gasteiger charge is -2.33. The Kier molecular flexibility index (Phi) is 7.85. The molecule has 0 saturated carbocycles. The lowest BCUT2D eigenvalue weighted by atomic mass is 9.89. The fourth-order valence-electron chi connectivity index (χ4n) is 3.76. The predicted molar refractivity (Wildman–Crippen MR) is 119 cm³/mol. The molecule has 2 N–H and O–H groups in total. The predicted octanol–water partition coefficient (Wildman–Crippen LogP) is 4.04. The van der Waals surface area contributed by atoms with Crippen LogP contribution in [0.5, 0.6) is 0 Å². The maximum absolute atomic E-state index is 12.8. The monoisotopic (exact) mass is 409 g/mol. The van der Waals surface area contributed by atoms with Crippen molar-refractivity contribution >= 4 is 17.6 Å². The van der Waals surface area contributed by atoms with Gasteiger partial charge in [0.05, 0.1) is 6.61 Å². The lowest BCUT2D eigenvalue weighted by molar-refractivity contribution is 0.0937. The lowest BCUT2D eigenvalue weighted by Crippen LogP contribution is -2.41. The van der Waals surface area contributed by atoms with Gasteiger partial charge in [-0.15, -0.1) is 0 Å². The Morgan fingerprint density at radius 2 is 1.97 bits per heavy atom. The van der Waals surface area contributed by atoms with Crippen LogP contribution in [-0.2, 0) is 11.2 Å². The van der Waals surface area contributed by atoms with Gasteiger partial charge in [0.2, 0.25) is 0 Å². The van der Waals surface area contributed by atoms with Crippen molar-refractivity contribution < 1.29 is 14.3 Å². The van der Waals surface area contributed by atoms with E-state index < -0.39 is 0 Å². The van der Waals surface area contributed by atoms with Gasteiger partial charge in [-0.2, -0.15) is 0 Å². The Morgan fingerprint density at radius 1 is 1.17 bits per heavy atom. The number of hydrogen-bond acceptors (Lipinski definition) is 3. The van der Waals surface area contributed by atoms with Gasteiger partial charge >= 0.3 is 6.03 Å². The number of hydrogen-bond donors (Lipinski definition) is 2. The molecule has 160 valence electrons. The summed E-state index contributed by atoms with van der Waals surface area (Å²) < 4.78 is 4.98. The number of rotatable bonds is 7. The van der Waals surface area contributed by atoms with Crippen LogP contribution in [0, 0.1) is 0 Å². The molecule has 0 spiro atoms. The molecule has 0 aromatic heterocycles. The zero-order valence-electron chi connectivity index (χ0n) is 17.8. The SMILES string of the molecule is CCc1ccc(NC(=O)N2CCC[C@H](c3cccc(C(=O)NCCOC)c3)C2)cc1. The van der Waals surface area contributed by atoms with E-state index in [0.29, 0.717) is 25.3 Å². The number of methoxy groups -OCH3 is 1. The van der Waals surface area contributed by atoms with Gasteiger partial charge in [-0.3, -0.25) is 4.79 Å². The van der Waals surface area contributed by atoms with Crippen molar-refractivity contribution in [3.63, 3.8) is 0 Å². The topological polar surface area (TPSA) is 70.7 Å². The average molecular weight is 410 g/mol. The van der Waals surface area contributed by atoms with Gasteiger partial charge in [0.25, 0.3) is 5.91 Å². The number of amides is 3. The summed E-state index contributed by atoms with van der Waals surface area (Å²) in [6.07, 6.45) is 2.92. The molecule has 0 bridgehead atoms. The van der Waals surface area contributed by atoms with Crippen LogP contribution >= 0.6 is 0 Å². The molecular weight excluding hydrogens is 378 g/mol. The molecule has 2 aromatic rings. The minimum atomic E-state index is -0.102. The molecule has 0 aliphatic carbocycles. The Bertz CT molecular complexity index is 851. The van der Waals surface area contributed by atoms with E-state index in [4.69, 9.17) is 4.74 Å². The Morgan fingerprint density at radius 3 is 2.70 bits per heavy atom. The average Bonchev–Trinajstić information content (AvgIpc) is 2.80. The van der Waals surface area contributed by atoms with Crippen molar-refractivity contribution in [1.82, 2.24) is 10.2 Å². The highest BCUT2D eigenvalue weighted by Crippen LogP contribution is 2.28. The number of carbonyl (C=O) groups is 2. The van der Waals surface area contributed by atoms with Crippen LogP contribution in [0.15, 0.2) is 48.5 Å². The third-order valence-corrected chi connectivity index (χ3v) is 5.53. The summed E-state index contributed by atoms with van der Waals surface area (Å²) in [5.41, 5.74) is 3.80. The summed E-state index contributed by atoms with van der Waals surface area (Å²) in [7, 11) is 1.61. The number of likely N-dealkylation sites (tertiary alicyclic amines) is 1. The van der Waals surface area contributed by atoms with Crippen LogP contribution in [0.25, 0.3) is 0 Å². The standard InChI is InChI=1S/C24H31N3O3/c1-3-18-9-11-22(12-10-18)26-24(29)27-14-5-8-21(17-27)19-6-4-7-20(16-19)23(28)25-13-15-30-2/h4,6-7,9-12,16,21H,3,5,8,13-15,17H2,1-2H3,(H,25,28)(H,26,29)/t21-/m0/s1. The van der Waals surface area contributed by atoms with E-state index >= 15 is 0 Å². The Hall–Kier alpha value is -2.86. The van der Waals surface area contributed by atoms with E-state index in [-0.39, 0.29) is 17.9 Å². The summed E-state index contributed by atoms with van der Waals surface area (Å²) in [5.74, 6) is 0.119. The first-order valence-corrected chi connectivity index (χ1v) is 10.6. The molecule has 0 unspecified atom stereocenters. The van der Waals surface area contributed by atoms with E-state index in [1.807, 2.05) is 53.4 Å². The van der Waals surface area contributed by atoms with Crippen molar-refractivity contribution in [2.24, 2.45) is 0 Å². The zero-order chi connectivity index (χ0) is 21.3. The van der Waals surface area contributed by atoms with Crippen molar-refractivity contribution in [2.75, 3.05) is 38.7 Å². The smallest absolute Gasteiger partial charge is 0.321 e. The molecular formula is C24H31N3O3. The molecule has 1 atom stereocenters. The van der Waals surface area contributed by atoms with Crippen LogP contribution in [0.2, 0.25) is 0 Å². The first-order chi connectivity index (χ1) is 14.6. The highest BCUT2D eigenvalue weighted by Gasteiger charge is 2.25. The van der Waals surface area contributed by atoms with Crippen LogP contribution in [0.3, 0.4) is 0 Å². The van der Waals surface area contributed by atoms with Crippen molar-refractivity contribution in [3.05, 3.63) is 65.2 Å². The number of carbonyl (C=O) groups excluding carboxylic acids is 2. The van der Waals surface area contributed by atoms with Crippen LogP contribution in [0.4, 0.5) is 10.5 Å². The third kappa shape index (κ3) is 5.83. The van der Waals surface area contributed by atoms with Crippen molar-refractivity contribution in [3.8, 4) is 0 Å². The number of nitrogens with zero attached hydrogens (tertiary/aromatic N) is 1. The normalized spacial score (nSPS) is 16.2. The number of benzene rings is 2. The van der Waals surface area contributed by atoms with E-state index in [1.54, 1.807) is 7.11 Å². The van der Waals surface area contributed by atoms with Gasteiger partial charge in [-0.05, 0) is 54.7 Å². The molecule has 3 amide bonds. The van der Waals surface area contributed by atoms with Gasteiger partial charge in [-0.1, -0.05) is 31.2 Å². The Balaban J connectivity index is 1.61. The molecule has 1 heterocycles. The number of nitrogens with one attached hydrogen (secondary N) is 2. The van der Waals surface area contributed by atoms with Crippen LogP contribution < -0.4 is 10.6 Å². The number of anilines is 1. The fraction of sp³-hybridized carbons (Fsp3) is 0.417. The second-order valence-corrected chi connectivity index (χ2v) is 7.64. The molecule has 6 nitrogen and oxygen atoms in total. The number of piperidine rings is 1. The summed E-state index contributed by atoms with van der Waals surface area (Å²) in [4.78, 5) is 27.0. The van der Waals surface area contributed by atoms with Crippen LogP contribution in [-0.4, -0.2) is 50.2 Å². The second-order valence-electron chi connectivity index (χ2n) is 7.64. The molecule has 1 aliphatic rings. The zero-order valence-corrected chi connectivity index (χ0v) is 17.8. The van der Waals surface area contributed by atoms with E-state index in [0.717, 1.165) is 37.1 Å². The molecule has 0 radical (unpaired) electrons. The van der Waals surface area contributed by atoms with E-state index in [1.165, 1.54) is 5.56 Å². The molecule has 3 rings (SSSR count). The molecule has 1 aliphatic heterocycles. The number of ether oxygens (including phenoxy) is 1. The van der Waals surface area contributed by atoms with Gasteiger partial charge in [0.15, 0.2) is 0 Å². The second kappa shape index (κ2) is 10.8. The van der Waals surface area contributed by atoms with Crippen molar-refractivity contribution in [1.29, 1.82) is 0 Å². The van der Waals surface area contributed by atoms with E-state index in [9.17, 15) is 9.59 Å². The largest absolute Gasteiger partial charge is 0.383 e. The van der Waals surface area contributed by atoms with Gasteiger partial charge in [0.1, 0.15) is 0 Å². The first-order valence-electron chi connectivity index (χ1n) is 10.6. The van der Waals surface area contributed by atoms with Crippen molar-refractivity contribution in [2.45, 2.75) is 32.1 Å². The summed E-state index contributed by atoms with van der Waals surface area (Å²) in [6, 6.07) is 15.6. The number of urea groups is 1. The van der Waals surface area contributed by atoms with Gasteiger partial charge < -0.3 is 20.3 Å². The highest BCUT2D eigenvalue weighted by atomic mass is 16.5.